The van der Waals surface area contributed by atoms with Crippen LogP contribution in [-0.4, -0.2) is 26.7 Å². The van der Waals surface area contributed by atoms with E-state index < -0.39 is 0 Å². The smallest absolute Gasteiger partial charge is 0.221 e. The highest BCUT2D eigenvalue weighted by molar-refractivity contribution is 5.72. The summed E-state index contributed by atoms with van der Waals surface area (Å²) in [5, 5.41) is 2.67. The van der Waals surface area contributed by atoms with Crippen molar-refractivity contribution in [3.8, 4) is 0 Å². The molecule has 0 bridgehead atoms. The quantitative estimate of drug-likeness (QED) is 0.412. The highest BCUT2D eigenvalue weighted by Crippen LogP contribution is 1.49. The summed E-state index contributed by atoms with van der Waals surface area (Å²) in [6.45, 7) is 2.22. The molecule has 1 amide bonds. The Hall–Kier alpha value is -0.570. The molecule has 3 nitrogen and oxygen atoms in total. The fourth-order valence-corrected chi connectivity index (χ4v) is 0.301. The summed E-state index contributed by atoms with van der Waals surface area (Å²) in [6.07, 6.45) is 0. The van der Waals surface area contributed by atoms with Gasteiger partial charge >= 0.3 is 0 Å². The predicted octanol–water partition coefficient (Wildman–Crippen LogP) is -1.78. The highest BCUT2D eigenvalue weighted by Gasteiger charge is 1.91. The molecule has 48 valence electrons. The van der Waals surface area contributed by atoms with Crippen molar-refractivity contribution in [2.75, 3.05) is 20.8 Å². The molecule has 0 rings (SSSR count). The van der Waals surface area contributed by atoms with Gasteiger partial charge in [-0.3, -0.25) is 4.79 Å². The number of quaternary nitrogens is 1. The van der Waals surface area contributed by atoms with Crippen molar-refractivity contribution in [2.24, 2.45) is 0 Å². The van der Waals surface area contributed by atoms with Gasteiger partial charge in [-0.1, -0.05) is 0 Å². The third-order valence-corrected chi connectivity index (χ3v) is 0.691. The number of rotatable bonds is 2. The van der Waals surface area contributed by atoms with Crippen molar-refractivity contribution in [3.63, 3.8) is 0 Å². The van der Waals surface area contributed by atoms with Crippen molar-refractivity contribution in [1.29, 1.82) is 0 Å². The Morgan fingerprint density at radius 1 is 1.62 bits per heavy atom. The zero-order valence-corrected chi connectivity index (χ0v) is 5.62. The molecule has 0 aliphatic heterocycles. The summed E-state index contributed by atoms with van der Waals surface area (Å²) in [5.41, 5.74) is 0. The van der Waals surface area contributed by atoms with E-state index in [1.54, 1.807) is 0 Å². The van der Waals surface area contributed by atoms with Crippen molar-refractivity contribution in [1.82, 2.24) is 5.32 Å². The first kappa shape index (κ1) is 7.43. The van der Waals surface area contributed by atoms with Crippen LogP contribution < -0.4 is 10.2 Å². The number of carbonyl (C=O) groups excluding carboxylic acids is 1. The van der Waals surface area contributed by atoms with E-state index in [1.165, 1.54) is 11.8 Å². The molecular formula is C5H13N2O+. The fraction of sp³-hybridized carbons (Fsp3) is 0.800. The molecule has 0 saturated carbocycles. The second kappa shape index (κ2) is 3.43. The van der Waals surface area contributed by atoms with Gasteiger partial charge in [-0.05, 0) is 0 Å². The first-order valence-corrected chi connectivity index (χ1v) is 2.66. The van der Waals surface area contributed by atoms with Crippen molar-refractivity contribution in [2.45, 2.75) is 6.92 Å². The van der Waals surface area contributed by atoms with Gasteiger partial charge < -0.3 is 10.2 Å². The van der Waals surface area contributed by atoms with Gasteiger partial charge in [0.2, 0.25) is 5.91 Å². The number of carbonyl (C=O) groups is 1. The standard InChI is InChI=1S/C5H12N2O/c1-5(8)6-4-7(2)3/h4H2,1-3H3,(H,6,8)/p+1. The lowest BCUT2D eigenvalue weighted by molar-refractivity contribution is -0.860. The van der Waals surface area contributed by atoms with Crippen molar-refractivity contribution >= 4 is 5.91 Å². The lowest BCUT2D eigenvalue weighted by Gasteiger charge is -2.05. The van der Waals surface area contributed by atoms with E-state index in [1.807, 2.05) is 14.1 Å². The summed E-state index contributed by atoms with van der Waals surface area (Å²) >= 11 is 0. The topological polar surface area (TPSA) is 33.5 Å². The average Bonchev–Trinajstić information content (AvgIpc) is 1.61. The Balaban J connectivity index is 3.05. The van der Waals surface area contributed by atoms with Crippen LogP contribution in [0.5, 0.6) is 0 Å². The first-order valence-electron chi connectivity index (χ1n) is 2.66. The maximum Gasteiger partial charge on any atom is 0.221 e. The summed E-state index contributed by atoms with van der Waals surface area (Å²) in [4.78, 5) is 11.4. The maximum absolute atomic E-state index is 10.2. The van der Waals surface area contributed by atoms with E-state index in [9.17, 15) is 4.79 Å². The minimum absolute atomic E-state index is 0.0335. The van der Waals surface area contributed by atoms with Gasteiger partial charge in [0.1, 0.15) is 0 Å². The SMILES string of the molecule is CC(=O)NC[NH+](C)C. The zero-order chi connectivity index (χ0) is 6.57. The third-order valence-electron chi connectivity index (χ3n) is 0.691. The van der Waals surface area contributed by atoms with Crippen LogP contribution in [-0.2, 0) is 4.79 Å². The lowest BCUT2D eigenvalue weighted by atomic mass is 10.7. The third kappa shape index (κ3) is 5.43. The number of nitrogens with one attached hydrogen (secondary N) is 2. The van der Waals surface area contributed by atoms with Gasteiger partial charge in [-0.25, -0.2) is 0 Å². The van der Waals surface area contributed by atoms with Crippen LogP contribution in [0.3, 0.4) is 0 Å². The van der Waals surface area contributed by atoms with E-state index >= 15 is 0 Å². The molecule has 8 heavy (non-hydrogen) atoms. The van der Waals surface area contributed by atoms with Crippen LogP contribution in [0.2, 0.25) is 0 Å². The molecule has 0 aromatic carbocycles. The van der Waals surface area contributed by atoms with Gasteiger partial charge in [-0.15, -0.1) is 0 Å². The molecule has 0 atom stereocenters. The molecule has 0 spiro atoms. The minimum Gasteiger partial charge on any atom is -0.323 e. The van der Waals surface area contributed by atoms with E-state index in [2.05, 4.69) is 5.32 Å². The molecule has 0 heterocycles. The van der Waals surface area contributed by atoms with Crippen molar-refractivity contribution in [3.05, 3.63) is 0 Å². The Morgan fingerprint density at radius 3 is 2.25 bits per heavy atom. The average molecular weight is 117 g/mol. The van der Waals surface area contributed by atoms with Gasteiger partial charge in [0.25, 0.3) is 0 Å². The normalized spacial score (nSPS) is 9.50. The molecule has 0 aliphatic rings. The molecule has 2 N–H and O–H groups in total. The Kier molecular flexibility index (Phi) is 3.19. The maximum atomic E-state index is 10.2. The molecule has 0 aliphatic carbocycles. The summed E-state index contributed by atoms with van der Waals surface area (Å²) in [6, 6.07) is 0. The van der Waals surface area contributed by atoms with E-state index in [0.29, 0.717) is 6.67 Å². The van der Waals surface area contributed by atoms with Crippen LogP contribution in [0.15, 0.2) is 0 Å². The molecule has 0 unspecified atom stereocenters. The first-order chi connectivity index (χ1) is 3.63. The Morgan fingerprint density at radius 2 is 2.12 bits per heavy atom. The second-order valence-corrected chi connectivity index (χ2v) is 2.12. The van der Waals surface area contributed by atoms with Gasteiger partial charge in [0, 0.05) is 6.92 Å². The van der Waals surface area contributed by atoms with Crippen LogP contribution in [0, 0.1) is 0 Å². The molecule has 0 radical (unpaired) electrons. The van der Waals surface area contributed by atoms with Gasteiger partial charge in [0.15, 0.2) is 6.67 Å². The highest BCUT2D eigenvalue weighted by atomic mass is 16.1. The van der Waals surface area contributed by atoms with Crippen LogP contribution in [0.25, 0.3) is 0 Å². The molecular weight excluding hydrogens is 104 g/mol. The molecule has 0 aromatic heterocycles. The molecule has 0 saturated heterocycles. The molecule has 0 fully saturated rings. The minimum atomic E-state index is 0.0335. The van der Waals surface area contributed by atoms with E-state index in [4.69, 9.17) is 0 Å². The van der Waals surface area contributed by atoms with E-state index in [0.717, 1.165) is 0 Å². The van der Waals surface area contributed by atoms with Crippen LogP contribution >= 0.6 is 0 Å². The van der Waals surface area contributed by atoms with Crippen LogP contribution in [0.4, 0.5) is 0 Å². The number of hydrogen-bond donors (Lipinski definition) is 2. The van der Waals surface area contributed by atoms with Gasteiger partial charge in [0.05, 0.1) is 14.1 Å². The second-order valence-electron chi connectivity index (χ2n) is 2.12. The van der Waals surface area contributed by atoms with Crippen molar-refractivity contribution < 1.29 is 9.69 Å². The van der Waals surface area contributed by atoms with E-state index in [-0.39, 0.29) is 5.91 Å². The zero-order valence-electron chi connectivity index (χ0n) is 5.62. The number of hydrogen-bond acceptors (Lipinski definition) is 1. The van der Waals surface area contributed by atoms with Gasteiger partial charge in [-0.2, -0.15) is 0 Å². The van der Waals surface area contributed by atoms with Crippen LogP contribution in [0.1, 0.15) is 6.92 Å². The predicted molar refractivity (Wildman–Crippen MR) is 31.5 cm³/mol. The molecule has 0 aromatic rings. The number of amides is 1. The lowest BCUT2D eigenvalue weighted by Crippen LogP contribution is -3.07. The Bertz CT molecular complexity index is 80.5. The monoisotopic (exact) mass is 117 g/mol. The molecule has 3 heteroatoms. The Labute approximate surface area is 49.7 Å². The summed E-state index contributed by atoms with van der Waals surface area (Å²) in [7, 11) is 3.96. The fourth-order valence-electron chi connectivity index (χ4n) is 0.301. The summed E-state index contributed by atoms with van der Waals surface area (Å²) in [5.74, 6) is 0.0335. The largest absolute Gasteiger partial charge is 0.323 e. The summed E-state index contributed by atoms with van der Waals surface area (Å²) < 4.78 is 0.